The molecule has 1 aliphatic heterocycles. The van der Waals surface area contributed by atoms with Crippen molar-refractivity contribution < 1.29 is 9.50 Å². The lowest BCUT2D eigenvalue weighted by Gasteiger charge is -2.32. The first-order chi connectivity index (χ1) is 10.2. The maximum atomic E-state index is 13.6. The first-order valence-electron chi connectivity index (χ1n) is 7.20. The molecule has 2 heterocycles. The quantitative estimate of drug-likeness (QED) is 0.912. The Morgan fingerprint density at radius 2 is 2.14 bits per heavy atom. The van der Waals surface area contributed by atoms with E-state index in [1.807, 2.05) is 17.8 Å². The molecule has 1 aromatic heterocycles. The van der Waals surface area contributed by atoms with Crippen LogP contribution in [0.1, 0.15) is 18.4 Å². The van der Waals surface area contributed by atoms with Crippen LogP contribution >= 0.6 is 11.8 Å². The summed E-state index contributed by atoms with van der Waals surface area (Å²) in [4.78, 5) is 4.33. The van der Waals surface area contributed by atoms with Crippen LogP contribution in [0, 0.1) is 5.82 Å². The van der Waals surface area contributed by atoms with Gasteiger partial charge < -0.3 is 10.4 Å². The van der Waals surface area contributed by atoms with Gasteiger partial charge in [0.15, 0.2) is 0 Å². The zero-order valence-electron chi connectivity index (χ0n) is 11.8. The highest BCUT2D eigenvalue weighted by atomic mass is 32.2. The third kappa shape index (κ3) is 3.54. The van der Waals surface area contributed by atoms with Gasteiger partial charge in [0.25, 0.3) is 0 Å². The van der Waals surface area contributed by atoms with Crippen molar-refractivity contribution in [3.63, 3.8) is 0 Å². The third-order valence-corrected chi connectivity index (χ3v) is 4.93. The maximum absolute atomic E-state index is 13.6. The van der Waals surface area contributed by atoms with Crippen molar-refractivity contribution in [1.82, 2.24) is 10.3 Å². The normalized spacial score (nSPS) is 18.0. The highest BCUT2D eigenvalue weighted by Gasteiger charge is 2.28. The molecule has 0 aliphatic carbocycles. The predicted molar refractivity (Wildman–Crippen MR) is 84.9 cm³/mol. The molecule has 0 spiro atoms. The van der Waals surface area contributed by atoms with E-state index in [0.29, 0.717) is 13.1 Å². The number of benzene rings is 1. The van der Waals surface area contributed by atoms with Crippen LogP contribution in [0.15, 0.2) is 30.5 Å². The van der Waals surface area contributed by atoms with Crippen molar-refractivity contribution in [2.24, 2.45) is 0 Å². The molecular formula is C16H19FN2OS. The highest BCUT2D eigenvalue weighted by Crippen LogP contribution is 2.26. The summed E-state index contributed by atoms with van der Waals surface area (Å²) in [6.45, 7) is 1.05. The van der Waals surface area contributed by atoms with Gasteiger partial charge in [-0.15, -0.1) is 0 Å². The van der Waals surface area contributed by atoms with Crippen LogP contribution < -0.4 is 5.32 Å². The lowest BCUT2D eigenvalue weighted by molar-refractivity contribution is 0.0320. The summed E-state index contributed by atoms with van der Waals surface area (Å²) in [5.74, 6) is 1.76. The average Bonchev–Trinajstić information content (AvgIpc) is 2.47. The van der Waals surface area contributed by atoms with Crippen molar-refractivity contribution >= 4 is 22.7 Å². The topological polar surface area (TPSA) is 45.1 Å². The van der Waals surface area contributed by atoms with Gasteiger partial charge in [-0.05, 0) is 48.1 Å². The zero-order valence-corrected chi connectivity index (χ0v) is 12.6. The molecular weight excluding hydrogens is 287 g/mol. The van der Waals surface area contributed by atoms with Crippen molar-refractivity contribution in [3.05, 3.63) is 41.8 Å². The zero-order chi connectivity index (χ0) is 14.7. The highest BCUT2D eigenvalue weighted by molar-refractivity contribution is 7.99. The number of halogens is 1. The van der Waals surface area contributed by atoms with E-state index in [1.54, 1.807) is 12.3 Å². The van der Waals surface area contributed by atoms with Crippen LogP contribution in [0.4, 0.5) is 4.39 Å². The Balaban J connectivity index is 1.70. The van der Waals surface area contributed by atoms with E-state index in [9.17, 15) is 9.50 Å². The van der Waals surface area contributed by atoms with E-state index in [-0.39, 0.29) is 5.82 Å². The second-order valence-corrected chi connectivity index (χ2v) is 6.81. The van der Waals surface area contributed by atoms with Gasteiger partial charge in [-0.3, -0.25) is 4.98 Å². The van der Waals surface area contributed by atoms with E-state index < -0.39 is 5.60 Å². The largest absolute Gasteiger partial charge is 0.389 e. The molecule has 0 unspecified atom stereocenters. The maximum Gasteiger partial charge on any atom is 0.124 e. The molecule has 1 fully saturated rings. The number of aliphatic hydroxyl groups is 1. The summed E-state index contributed by atoms with van der Waals surface area (Å²) >= 11 is 1.88. The monoisotopic (exact) mass is 306 g/mol. The van der Waals surface area contributed by atoms with Gasteiger partial charge >= 0.3 is 0 Å². The number of nitrogens with one attached hydrogen (secondary N) is 1. The standard InChI is InChI=1S/C16H19FN2OS/c17-14-8-12-2-1-5-19-15(12)13(9-14)10-18-11-16(20)3-6-21-7-4-16/h1-2,5,8-9,18,20H,3-4,6-7,10-11H2. The Morgan fingerprint density at radius 1 is 1.33 bits per heavy atom. The van der Waals surface area contributed by atoms with Gasteiger partial charge in [-0.25, -0.2) is 4.39 Å². The summed E-state index contributed by atoms with van der Waals surface area (Å²) in [7, 11) is 0. The molecule has 0 radical (unpaired) electrons. The van der Waals surface area contributed by atoms with E-state index in [0.717, 1.165) is 40.8 Å². The van der Waals surface area contributed by atoms with Crippen LogP contribution in [0.25, 0.3) is 10.9 Å². The molecule has 2 aromatic rings. The smallest absolute Gasteiger partial charge is 0.124 e. The lowest BCUT2D eigenvalue weighted by atomic mass is 9.97. The molecule has 5 heteroatoms. The number of nitrogens with zero attached hydrogens (tertiary/aromatic N) is 1. The Kier molecular flexibility index (Phi) is 4.42. The molecule has 1 aromatic carbocycles. The van der Waals surface area contributed by atoms with Gasteiger partial charge in [-0.1, -0.05) is 6.07 Å². The molecule has 0 atom stereocenters. The first-order valence-corrected chi connectivity index (χ1v) is 8.36. The first kappa shape index (κ1) is 14.8. The summed E-state index contributed by atoms with van der Waals surface area (Å²) in [5.41, 5.74) is 1.03. The van der Waals surface area contributed by atoms with E-state index in [2.05, 4.69) is 10.3 Å². The van der Waals surface area contributed by atoms with Crippen LogP contribution in [0.2, 0.25) is 0 Å². The Morgan fingerprint density at radius 3 is 2.95 bits per heavy atom. The van der Waals surface area contributed by atoms with Crippen LogP contribution in [0.3, 0.4) is 0 Å². The summed E-state index contributed by atoms with van der Waals surface area (Å²) in [6, 6.07) is 6.68. The predicted octanol–water partition coefficient (Wildman–Crippen LogP) is 2.72. The number of fused-ring (bicyclic) bond motifs is 1. The fourth-order valence-electron chi connectivity index (χ4n) is 2.72. The van der Waals surface area contributed by atoms with E-state index >= 15 is 0 Å². The number of hydrogen-bond acceptors (Lipinski definition) is 4. The molecule has 21 heavy (non-hydrogen) atoms. The summed E-state index contributed by atoms with van der Waals surface area (Å²) in [6.07, 6.45) is 3.34. The number of thioether (sulfide) groups is 1. The lowest BCUT2D eigenvalue weighted by Crippen LogP contribution is -2.43. The summed E-state index contributed by atoms with van der Waals surface area (Å²) < 4.78 is 13.6. The molecule has 0 amide bonds. The Labute approximate surface area is 128 Å². The minimum absolute atomic E-state index is 0.250. The molecule has 1 saturated heterocycles. The van der Waals surface area contributed by atoms with Crippen LogP contribution in [-0.2, 0) is 6.54 Å². The number of hydrogen-bond donors (Lipinski definition) is 2. The molecule has 0 bridgehead atoms. The molecule has 112 valence electrons. The Bertz CT molecular complexity index is 629. The van der Waals surface area contributed by atoms with Gasteiger partial charge in [0.2, 0.25) is 0 Å². The summed E-state index contributed by atoms with van der Waals surface area (Å²) in [5, 5.41) is 14.5. The molecule has 1 aliphatic rings. The van der Waals surface area contributed by atoms with Crippen LogP contribution in [0.5, 0.6) is 0 Å². The van der Waals surface area contributed by atoms with Gasteiger partial charge in [0.05, 0.1) is 11.1 Å². The second kappa shape index (κ2) is 6.30. The van der Waals surface area contributed by atoms with Crippen molar-refractivity contribution in [3.8, 4) is 0 Å². The molecule has 2 N–H and O–H groups in total. The SMILES string of the molecule is OC1(CNCc2cc(F)cc3cccnc23)CCSCC1. The van der Waals surface area contributed by atoms with E-state index in [4.69, 9.17) is 0 Å². The van der Waals surface area contributed by atoms with Crippen molar-refractivity contribution in [1.29, 1.82) is 0 Å². The molecule has 0 saturated carbocycles. The van der Waals surface area contributed by atoms with Crippen LogP contribution in [-0.4, -0.2) is 33.7 Å². The van der Waals surface area contributed by atoms with Gasteiger partial charge in [-0.2, -0.15) is 11.8 Å². The molecule has 3 rings (SSSR count). The van der Waals surface area contributed by atoms with Crippen molar-refractivity contribution in [2.45, 2.75) is 25.0 Å². The van der Waals surface area contributed by atoms with Gasteiger partial charge in [0, 0.05) is 24.7 Å². The second-order valence-electron chi connectivity index (χ2n) is 5.58. The average molecular weight is 306 g/mol. The van der Waals surface area contributed by atoms with E-state index in [1.165, 1.54) is 12.1 Å². The fourth-order valence-corrected chi connectivity index (χ4v) is 3.97. The number of rotatable bonds is 4. The van der Waals surface area contributed by atoms with Crippen molar-refractivity contribution in [2.75, 3.05) is 18.1 Å². The number of aromatic nitrogens is 1. The third-order valence-electron chi connectivity index (χ3n) is 3.94. The van der Waals surface area contributed by atoms with Gasteiger partial charge in [0.1, 0.15) is 5.82 Å². The Hall–Kier alpha value is -1.17. The minimum atomic E-state index is -0.623. The molecule has 3 nitrogen and oxygen atoms in total. The minimum Gasteiger partial charge on any atom is -0.389 e. The number of pyridine rings is 1. The fraction of sp³-hybridized carbons (Fsp3) is 0.438.